The highest BCUT2D eigenvalue weighted by molar-refractivity contribution is 5.42. The Bertz CT molecular complexity index is 615. The van der Waals surface area contributed by atoms with Crippen molar-refractivity contribution in [3.63, 3.8) is 0 Å². The number of hydrogen-bond acceptors (Lipinski definition) is 1. The van der Waals surface area contributed by atoms with E-state index in [4.69, 9.17) is 0 Å². The maximum Gasteiger partial charge on any atom is 0.126 e. The molecule has 0 aliphatic rings. The van der Waals surface area contributed by atoms with Crippen molar-refractivity contribution in [3.8, 4) is 0 Å². The Kier molecular flexibility index (Phi) is 3.46. The van der Waals surface area contributed by atoms with Crippen molar-refractivity contribution in [2.24, 2.45) is 0 Å². The lowest BCUT2D eigenvalue weighted by Gasteiger charge is -2.27. The molecule has 2 aromatic rings. The van der Waals surface area contributed by atoms with Gasteiger partial charge in [-0.1, -0.05) is 35.9 Å². The van der Waals surface area contributed by atoms with E-state index in [0.29, 0.717) is 11.1 Å². The molecule has 0 fully saturated rings. The van der Waals surface area contributed by atoms with E-state index in [9.17, 15) is 9.50 Å². The molecular formula is C17H19FO. The van der Waals surface area contributed by atoms with Crippen LogP contribution >= 0.6 is 0 Å². The number of rotatable bonds is 2. The molecule has 2 heteroatoms. The van der Waals surface area contributed by atoms with Gasteiger partial charge in [0.15, 0.2) is 0 Å². The third-order valence-electron chi connectivity index (χ3n) is 3.64. The Morgan fingerprint density at radius 3 is 2.21 bits per heavy atom. The molecule has 0 heterocycles. The molecule has 19 heavy (non-hydrogen) atoms. The zero-order valence-electron chi connectivity index (χ0n) is 11.8. The molecule has 1 atom stereocenters. The normalized spacial score (nSPS) is 14.2. The molecule has 0 amide bonds. The summed E-state index contributed by atoms with van der Waals surface area (Å²) in [5, 5.41) is 10.8. The number of halogens is 1. The molecule has 2 rings (SSSR count). The van der Waals surface area contributed by atoms with Gasteiger partial charge in [0.1, 0.15) is 11.4 Å². The minimum Gasteiger partial charge on any atom is -0.381 e. The predicted octanol–water partition coefficient (Wildman–Crippen LogP) is 4.01. The van der Waals surface area contributed by atoms with Gasteiger partial charge in [-0.05, 0) is 56.0 Å². The maximum absolute atomic E-state index is 13.7. The van der Waals surface area contributed by atoms with Gasteiger partial charge in [-0.15, -0.1) is 0 Å². The van der Waals surface area contributed by atoms with Gasteiger partial charge in [-0.3, -0.25) is 0 Å². The summed E-state index contributed by atoms with van der Waals surface area (Å²) in [5.41, 5.74) is 2.92. The Morgan fingerprint density at radius 2 is 1.63 bits per heavy atom. The fourth-order valence-electron chi connectivity index (χ4n) is 2.41. The van der Waals surface area contributed by atoms with Crippen LogP contribution in [0.3, 0.4) is 0 Å². The van der Waals surface area contributed by atoms with Crippen LogP contribution in [0.4, 0.5) is 4.39 Å². The van der Waals surface area contributed by atoms with Gasteiger partial charge in [0.05, 0.1) is 0 Å². The zero-order chi connectivity index (χ0) is 14.2. The summed E-state index contributed by atoms with van der Waals surface area (Å²) >= 11 is 0. The first kappa shape index (κ1) is 13.8. The molecule has 0 bridgehead atoms. The van der Waals surface area contributed by atoms with E-state index >= 15 is 0 Å². The number of aliphatic hydroxyl groups is 1. The van der Waals surface area contributed by atoms with Gasteiger partial charge >= 0.3 is 0 Å². The molecule has 0 aliphatic carbocycles. The Labute approximate surface area is 113 Å². The second kappa shape index (κ2) is 4.78. The van der Waals surface area contributed by atoms with Crippen LogP contribution in [0, 0.1) is 26.6 Å². The average Bonchev–Trinajstić information content (AvgIpc) is 2.32. The van der Waals surface area contributed by atoms with Crippen LogP contribution in [0.15, 0.2) is 36.4 Å². The zero-order valence-corrected chi connectivity index (χ0v) is 11.8. The molecule has 0 saturated carbocycles. The standard InChI is InChI=1S/C17H19FO/c1-11-5-8-15(13(3)9-11)17(4,19)14-7-6-12(2)16(18)10-14/h5-10,19H,1-4H3. The third kappa shape index (κ3) is 2.54. The Hall–Kier alpha value is -1.67. The van der Waals surface area contributed by atoms with Crippen molar-refractivity contribution in [1.29, 1.82) is 0 Å². The molecule has 0 aromatic heterocycles. The van der Waals surface area contributed by atoms with Crippen molar-refractivity contribution in [3.05, 3.63) is 70.0 Å². The van der Waals surface area contributed by atoms with E-state index in [1.54, 1.807) is 26.0 Å². The molecule has 1 nitrogen and oxygen atoms in total. The van der Waals surface area contributed by atoms with Crippen molar-refractivity contribution in [2.45, 2.75) is 33.3 Å². The first-order valence-electron chi connectivity index (χ1n) is 6.39. The van der Waals surface area contributed by atoms with E-state index < -0.39 is 5.60 Å². The number of benzene rings is 2. The van der Waals surface area contributed by atoms with E-state index in [1.165, 1.54) is 6.07 Å². The van der Waals surface area contributed by atoms with Gasteiger partial charge < -0.3 is 5.11 Å². The van der Waals surface area contributed by atoms with Crippen molar-refractivity contribution < 1.29 is 9.50 Å². The highest BCUT2D eigenvalue weighted by atomic mass is 19.1. The second-order valence-electron chi connectivity index (χ2n) is 5.35. The first-order valence-corrected chi connectivity index (χ1v) is 6.39. The van der Waals surface area contributed by atoms with E-state index in [0.717, 1.165) is 16.7 Å². The Balaban J connectivity index is 2.54. The molecule has 0 radical (unpaired) electrons. The molecule has 100 valence electrons. The second-order valence-corrected chi connectivity index (χ2v) is 5.35. The van der Waals surface area contributed by atoms with E-state index in [1.807, 2.05) is 32.0 Å². The van der Waals surface area contributed by atoms with Crippen LogP contribution in [-0.2, 0) is 5.60 Å². The van der Waals surface area contributed by atoms with Gasteiger partial charge in [0, 0.05) is 0 Å². The van der Waals surface area contributed by atoms with Gasteiger partial charge in [-0.2, -0.15) is 0 Å². The lowest BCUT2D eigenvalue weighted by molar-refractivity contribution is 0.101. The molecular weight excluding hydrogens is 239 g/mol. The molecule has 0 spiro atoms. The quantitative estimate of drug-likeness (QED) is 0.863. The van der Waals surface area contributed by atoms with Crippen LogP contribution in [0.25, 0.3) is 0 Å². The summed E-state index contributed by atoms with van der Waals surface area (Å²) < 4.78 is 13.7. The predicted molar refractivity (Wildman–Crippen MR) is 75.7 cm³/mol. The summed E-state index contributed by atoms with van der Waals surface area (Å²) in [4.78, 5) is 0. The molecule has 1 N–H and O–H groups in total. The smallest absolute Gasteiger partial charge is 0.126 e. The average molecular weight is 258 g/mol. The van der Waals surface area contributed by atoms with Crippen molar-refractivity contribution in [1.82, 2.24) is 0 Å². The topological polar surface area (TPSA) is 20.2 Å². The molecule has 1 unspecified atom stereocenters. The summed E-state index contributed by atoms with van der Waals surface area (Å²) in [5.74, 6) is -0.289. The first-order chi connectivity index (χ1) is 8.82. The van der Waals surface area contributed by atoms with Crippen LogP contribution < -0.4 is 0 Å². The summed E-state index contributed by atoms with van der Waals surface area (Å²) in [7, 11) is 0. The summed E-state index contributed by atoms with van der Waals surface area (Å²) in [6, 6.07) is 10.8. The SMILES string of the molecule is Cc1ccc(C(C)(O)c2ccc(C)c(F)c2)c(C)c1. The Morgan fingerprint density at radius 1 is 0.947 bits per heavy atom. The molecule has 2 aromatic carbocycles. The van der Waals surface area contributed by atoms with E-state index in [2.05, 4.69) is 0 Å². The van der Waals surface area contributed by atoms with Crippen molar-refractivity contribution >= 4 is 0 Å². The number of aryl methyl sites for hydroxylation is 3. The largest absolute Gasteiger partial charge is 0.381 e. The minimum atomic E-state index is -1.19. The van der Waals surface area contributed by atoms with Crippen molar-refractivity contribution in [2.75, 3.05) is 0 Å². The fourth-order valence-corrected chi connectivity index (χ4v) is 2.41. The lowest BCUT2D eigenvalue weighted by Crippen LogP contribution is -2.24. The van der Waals surface area contributed by atoms with Crippen LogP contribution in [-0.4, -0.2) is 5.11 Å². The van der Waals surface area contributed by atoms with E-state index in [-0.39, 0.29) is 5.82 Å². The highest BCUT2D eigenvalue weighted by Crippen LogP contribution is 2.32. The molecule has 0 saturated heterocycles. The van der Waals surface area contributed by atoms with Gasteiger partial charge in [-0.25, -0.2) is 4.39 Å². The highest BCUT2D eigenvalue weighted by Gasteiger charge is 2.27. The number of hydrogen-bond donors (Lipinski definition) is 1. The van der Waals surface area contributed by atoms with Gasteiger partial charge in [0.2, 0.25) is 0 Å². The van der Waals surface area contributed by atoms with Crippen LogP contribution in [0.5, 0.6) is 0 Å². The van der Waals surface area contributed by atoms with Gasteiger partial charge in [0.25, 0.3) is 0 Å². The lowest BCUT2D eigenvalue weighted by atomic mass is 9.84. The van der Waals surface area contributed by atoms with Crippen LogP contribution in [0.2, 0.25) is 0 Å². The third-order valence-corrected chi connectivity index (χ3v) is 3.64. The minimum absolute atomic E-state index is 0.289. The summed E-state index contributed by atoms with van der Waals surface area (Å²) in [6.45, 7) is 7.39. The van der Waals surface area contributed by atoms with Crippen LogP contribution in [0.1, 0.15) is 34.7 Å². The molecule has 0 aliphatic heterocycles. The summed E-state index contributed by atoms with van der Waals surface area (Å²) in [6.07, 6.45) is 0. The maximum atomic E-state index is 13.7. The fraction of sp³-hybridized carbons (Fsp3) is 0.294. The monoisotopic (exact) mass is 258 g/mol.